The molecule has 29 heavy (non-hydrogen) atoms. The molecular formula is C21H26N3O4S-. The number of sulfonamides is 1. The maximum atomic E-state index is 13.1. The molecule has 0 aliphatic heterocycles. The number of carbonyl (C=O) groups excluding carboxylic acids is 1. The van der Waals surface area contributed by atoms with E-state index in [1.54, 1.807) is 42.9 Å². The molecule has 0 amide bonds. The molecule has 1 aromatic carbocycles. The van der Waals surface area contributed by atoms with Crippen molar-refractivity contribution < 1.29 is 13.2 Å². The average Bonchev–Trinajstić information content (AvgIpc) is 3.09. The Hall–Kier alpha value is -2.35. The third kappa shape index (κ3) is 2.79. The molecule has 4 rings (SSSR count). The largest absolute Gasteiger partial charge is 0.571 e. The number of rotatable bonds is 5. The van der Waals surface area contributed by atoms with Crippen LogP contribution < -0.4 is 5.56 Å². The van der Waals surface area contributed by atoms with Crippen molar-refractivity contribution in [1.82, 2.24) is 9.36 Å². The fraction of sp³-hybridized carbons (Fsp3) is 0.524. The summed E-state index contributed by atoms with van der Waals surface area (Å²) in [7, 11) is -2.33. The molecular weight excluding hydrogens is 390 g/mol. The molecule has 0 saturated heterocycles. The fourth-order valence-corrected chi connectivity index (χ4v) is 7.10. The van der Waals surface area contributed by atoms with Crippen LogP contribution in [0.15, 0.2) is 35.1 Å². The number of hydrogen-bond acceptors (Lipinski definition) is 4. The van der Waals surface area contributed by atoms with Gasteiger partial charge in [0.1, 0.15) is 5.78 Å². The summed E-state index contributed by atoms with van der Waals surface area (Å²) in [6.07, 6.45) is 1.87. The SMILES string of the molecule is Cc1c([N-]S(=O)(=O)CC23CCC(CC2=O)C3(C)C)c(=O)n(-c2ccccc2)n1C. The fourth-order valence-electron chi connectivity index (χ4n) is 5.25. The van der Waals surface area contributed by atoms with Gasteiger partial charge >= 0.3 is 0 Å². The van der Waals surface area contributed by atoms with Crippen LogP contribution in [0.5, 0.6) is 0 Å². The highest BCUT2D eigenvalue weighted by atomic mass is 32.2. The van der Waals surface area contributed by atoms with Crippen LogP contribution in [0.2, 0.25) is 0 Å². The van der Waals surface area contributed by atoms with Crippen LogP contribution in [0.4, 0.5) is 5.69 Å². The maximum absolute atomic E-state index is 13.1. The Morgan fingerprint density at radius 3 is 2.38 bits per heavy atom. The second kappa shape index (κ2) is 6.32. The number of para-hydroxylation sites is 1. The number of aromatic nitrogens is 2. The second-order valence-electron chi connectivity index (χ2n) is 8.89. The molecule has 0 N–H and O–H groups in total. The Labute approximate surface area is 170 Å². The van der Waals surface area contributed by atoms with Gasteiger partial charge in [0.2, 0.25) is 0 Å². The molecule has 156 valence electrons. The smallest absolute Gasteiger partial charge is 0.257 e. The topological polar surface area (TPSA) is 92.2 Å². The van der Waals surface area contributed by atoms with Crippen LogP contribution in [-0.2, 0) is 21.9 Å². The van der Waals surface area contributed by atoms with Crippen LogP contribution in [0.1, 0.15) is 38.8 Å². The van der Waals surface area contributed by atoms with Gasteiger partial charge in [0.15, 0.2) is 0 Å². The van der Waals surface area contributed by atoms with Crippen molar-refractivity contribution >= 4 is 21.5 Å². The molecule has 2 aliphatic carbocycles. The van der Waals surface area contributed by atoms with Gasteiger partial charge < -0.3 is 4.72 Å². The summed E-state index contributed by atoms with van der Waals surface area (Å²) in [5.41, 5.74) is -0.763. The average molecular weight is 417 g/mol. The Bertz CT molecular complexity index is 1140. The van der Waals surface area contributed by atoms with Crippen molar-refractivity contribution in [2.45, 2.75) is 40.0 Å². The first-order valence-electron chi connectivity index (χ1n) is 9.83. The van der Waals surface area contributed by atoms with Gasteiger partial charge in [-0.25, -0.2) is 13.1 Å². The minimum absolute atomic E-state index is 0.0176. The zero-order valence-electron chi connectivity index (χ0n) is 17.2. The lowest BCUT2D eigenvalue weighted by atomic mass is 9.70. The van der Waals surface area contributed by atoms with Gasteiger partial charge in [-0.1, -0.05) is 32.0 Å². The van der Waals surface area contributed by atoms with Crippen molar-refractivity contribution in [3.8, 4) is 5.69 Å². The van der Waals surface area contributed by atoms with E-state index in [-0.39, 0.29) is 28.6 Å². The highest BCUT2D eigenvalue weighted by Crippen LogP contribution is 2.64. The standard InChI is InChI=1S/C21H26N3O4S/c1-14-18(19(26)24(23(14)4)16-8-6-5-7-9-16)22-29(27,28)13-21-11-10-15(12-17(21)25)20(21,2)3/h5-9,15H,10-13H2,1-4H3/q-1. The molecule has 2 saturated carbocycles. The summed E-state index contributed by atoms with van der Waals surface area (Å²) >= 11 is 0. The number of hydrogen-bond donors (Lipinski definition) is 0. The summed E-state index contributed by atoms with van der Waals surface area (Å²) in [6.45, 7) is 5.65. The molecule has 7 nitrogen and oxygen atoms in total. The Morgan fingerprint density at radius 2 is 1.83 bits per heavy atom. The quantitative estimate of drug-likeness (QED) is 0.748. The van der Waals surface area contributed by atoms with Crippen molar-refractivity contribution in [2.75, 3.05) is 5.75 Å². The van der Waals surface area contributed by atoms with Crippen LogP contribution in [-0.4, -0.2) is 29.3 Å². The van der Waals surface area contributed by atoms with E-state index < -0.39 is 21.0 Å². The van der Waals surface area contributed by atoms with Gasteiger partial charge in [-0.3, -0.25) is 14.3 Å². The number of ketones is 1. The first-order valence-corrected chi connectivity index (χ1v) is 11.4. The number of nitrogens with zero attached hydrogens (tertiary/aromatic N) is 3. The number of fused-ring (bicyclic) bond motifs is 2. The Kier molecular flexibility index (Phi) is 4.35. The van der Waals surface area contributed by atoms with E-state index in [1.807, 2.05) is 19.9 Å². The monoisotopic (exact) mass is 416 g/mol. The third-order valence-corrected chi connectivity index (χ3v) is 8.64. The second-order valence-corrected chi connectivity index (χ2v) is 10.5. The van der Waals surface area contributed by atoms with Crippen LogP contribution in [0, 0.1) is 23.7 Å². The van der Waals surface area contributed by atoms with Crippen molar-refractivity contribution in [1.29, 1.82) is 0 Å². The predicted molar refractivity (Wildman–Crippen MR) is 111 cm³/mol. The molecule has 2 bridgehead atoms. The summed E-state index contributed by atoms with van der Waals surface area (Å²) < 4.78 is 33.1. The minimum atomic E-state index is -4.02. The predicted octanol–water partition coefficient (Wildman–Crippen LogP) is 3.21. The van der Waals surface area contributed by atoms with Crippen molar-refractivity contribution in [3.63, 3.8) is 0 Å². The molecule has 2 aliphatic rings. The van der Waals surface area contributed by atoms with Crippen molar-refractivity contribution in [3.05, 3.63) is 51.1 Å². The molecule has 8 heteroatoms. The van der Waals surface area contributed by atoms with Gasteiger partial charge in [0, 0.05) is 30.3 Å². The van der Waals surface area contributed by atoms with E-state index in [0.29, 0.717) is 24.2 Å². The zero-order valence-corrected chi connectivity index (χ0v) is 18.0. The van der Waals surface area contributed by atoms with Gasteiger partial charge in [-0.15, -0.1) is 0 Å². The maximum Gasteiger partial charge on any atom is 0.257 e. The zero-order chi connectivity index (χ0) is 21.2. The van der Waals surface area contributed by atoms with Gasteiger partial charge in [0.05, 0.1) is 15.7 Å². The van der Waals surface area contributed by atoms with E-state index in [2.05, 4.69) is 4.72 Å². The number of benzene rings is 1. The lowest BCUT2D eigenvalue weighted by Gasteiger charge is -2.38. The van der Waals surface area contributed by atoms with E-state index in [1.165, 1.54) is 4.68 Å². The van der Waals surface area contributed by atoms with Gasteiger partial charge in [0.25, 0.3) is 5.56 Å². The first-order chi connectivity index (χ1) is 13.5. The highest BCUT2D eigenvalue weighted by molar-refractivity contribution is 7.94. The van der Waals surface area contributed by atoms with Crippen molar-refractivity contribution in [2.24, 2.45) is 23.8 Å². The lowest BCUT2D eigenvalue weighted by molar-refractivity contribution is -0.128. The summed E-state index contributed by atoms with van der Waals surface area (Å²) in [6, 6.07) is 9.00. The summed E-state index contributed by atoms with van der Waals surface area (Å²) in [5.74, 6) is -0.0930. The summed E-state index contributed by atoms with van der Waals surface area (Å²) in [4.78, 5) is 25.7. The van der Waals surface area contributed by atoms with E-state index in [9.17, 15) is 18.0 Å². The molecule has 2 atom stereocenters. The molecule has 2 fully saturated rings. The summed E-state index contributed by atoms with van der Waals surface area (Å²) in [5, 5.41) is 0. The molecule has 0 spiro atoms. The molecule has 2 unspecified atom stereocenters. The van der Waals surface area contributed by atoms with Crippen LogP contribution >= 0.6 is 0 Å². The third-order valence-electron chi connectivity index (χ3n) is 7.32. The normalized spacial score (nSPS) is 25.5. The van der Waals surface area contributed by atoms with Crippen LogP contribution in [0.25, 0.3) is 10.4 Å². The van der Waals surface area contributed by atoms with Crippen LogP contribution in [0.3, 0.4) is 0 Å². The first kappa shape index (κ1) is 19.9. The van der Waals surface area contributed by atoms with Gasteiger partial charge in [-0.05, 0) is 48.9 Å². The van der Waals surface area contributed by atoms with Gasteiger partial charge in [-0.2, -0.15) is 0 Å². The molecule has 2 aromatic rings. The van der Waals surface area contributed by atoms with E-state index >= 15 is 0 Å². The number of carbonyl (C=O) groups is 1. The molecule has 1 aromatic heterocycles. The minimum Gasteiger partial charge on any atom is -0.571 e. The highest BCUT2D eigenvalue weighted by Gasteiger charge is 2.64. The lowest BCUT2D eigenvalue weighted by Crippen LogP contribution is -2.41. The number of Topliss-reactive ketones (excluding diaryl/α,β-unsaturated/α-hetero) is 1. The Balaban J connectivity index is 1.70. The molecule has 1 heterocycles. The Morgan fingerprint density at radius 1 is 1.17 bits per heavy atom. The van der Waals surface area contributed by atoms with E-state index in [4.69, 9.17) is 0 Å². The van der Waals surface area contributed by atoms with E-state index in [0.717, 1.165) is 6.42 Å². The molecule has 0 radical (unpaired) electrons.